The van der Waals surface area contributed by atoms with Crippen molar-refractivity contribution in [1.29, 1.82) is 0 Å². The zero-order valence-electron chi connectivity index (χ0n) is 24.2. The van der Waals surface area contributed by atoms with E-state index in [0.29, 0.717) is 11.4 Å². The molecular formula is C30H41N3O7S. The molecule has 0 aromatic heterocycles. The van der Waals surface area contributed by atoms with Gasteiger partial charge in [0.25, 0.3) is 5.91 Å². The maximum absolute atomic E-state index is 13.7. The molecule has 224 valence electrons. The van der Waals surface area contributed by atoms with Crippen molar-refractivity contribution in [2.24, 2.45) is 11.8 Å². The normalized spacial score (nSPS) is 20.9. The van der Waals surface area contributed by atoms with E-state index in [1.807, 2.05) is 6.92 Å². The fraction of sp³-hybridized carbons (Fsp3) is 0.533. The van der Waals surface area contributed by atoms with Crippen LogP contribution in [0, 0.1) is 11.8 Å². The largest absolute Gasteiger partial charge is 0.497 e. The van der Waals surface area contributed by atoms with Crippen molar-refractivity contribution in [3.63, 3.8) is 0 Å². The van der Waals surface area contributed by atoms with Crippen LogP contribution in [0.2, 0.25) is 0 Å². The second-order valence-corrected chi connectivity index (χ2v) is 13.1. The molecule has 0 saturated heterocycles. The number of methoxy groups -OCH3 is 1. The lowest BCUT2D eigenvalue weighted by Gasteiger charge is -2.38. The van der Waals surface area contributed by atoms with Gasteiger partial charge in [0.1, 0.15) is 11.9 Å². The number of carbonyl (C=O) groups is 2. The van der Waals surface area contributed by atoms with Crippen LogP contribution in [0.4, 0.5) is 5.69 Å². The predicted molar refractivity (Wildman–Crippen MR) is 156 cm³/mol. The number of anilines is 1. The SMILES string of the molecule is COc1ccc(S(=O)(=O)N(C)C[C@@H]2Oc3c(NC(=O)C4CCCCC4)cccc3C(=O)N([C@H](C)CO)C[C@@H]2C)cc1. The van der Waals surface area contributed by atoms with E-state index in [4.69, 9.17) is 9.47 Å². The van der Waals surface area contributed by atoms with E-state index in [9.17, 15) is 23.1 Å². The lowest BCUT2D eigenvalue weighted by Crippen LogP contribution is -2.50. The minimum absolute atomic E-state index is 0.00455. The van der Waals surface area contributed by atoms with Crippen molar-refractivity contribution in [1.82, 2.24) is 9.21 Å². The van der Waals surface area contributed by atoms with Gasteiger partial charge in [0.15, 0.2) is 5.75 Å². The number of aliphatic hydroxyl groups excluding tert-OH is 1. The van der Waals surface area contributed by atoms with Crippen molar-refractivity contribution < 1.29 is 32.6 Å². The molecule has 1 heterocycles. The molecule has 0 radical (unpaired) electrons. The molecule has 3 atom stereocenters. The number of hydrogen-bond acceptors (Lipinski definition) is 7. The summed E-state index contributed by atoms with van der Waals surface area (Å²) in [5.74, 6) is -0.0863. The third kappa shape index (κ3) is 6.85. The Morgan fingerprint density at radius 1 is 1.17 bits per heavy atom. The molecule has 11 heteroatoms. The van der Waals surface area contributed by atoms with Crippen LogP contribution in [0.25, 0.3) is 0 Å². The number of para-hydroxylation sites is 1. The molecule has 1 aliphatic heterocycles. The number of nitrogens with one attached hydrogen (secondary N) is 1. The molecule has 0 spiro atoms. The number of amides is 2. The Balaban J connectivity index is 1.68. The van der Waals surface area contributed by atoms with Gasteiger partial charge in [0.05, 0.1) is 42.4 Å². The fourth-order valence-electron chi connectivity index (χ4n) is 5.44. The number of rotatable bonds is 9. The second-order valence-electron chi connectivity index (χ2n) is 11.1. The Hall–Kier alpha value is -3.15. The van der Waals surface area contributed by atoms with Gasteiger partial charge in [-0.05, 0) is 56.2 Å². The number of likely N-dealkylation sites (N-methyl/N-ethyl adjacent to an activating group) is 1. The molecule has 1 fully saturated rings. The van der Waals surface area contributed by atoms with Gasteiger partial charge in [-0.15, -0.1) is 0 Å². The van der Waals surface area contributed by atoms with Gasteiger partial charge in [0, 0.05) is 25.4 Å². The number of hydrogen-bond donors (Lipinski definition) is 2. The van der Waals surface area contributed by atoms with Crippen LogP contribution in [0.5, 0.6) is 11.5 Å². The maximum atomic E-state index is 13.7. The van der Waals surface area contributed by atoms with Gasteiger partial charge in [-0.3, -0.25) is 9.59 Å². The minimum atomic E-state index is -3.87. The first kappa shape index (κ1) is 30.8. The number of nitrogens with zero attached hydrogens (tertiary/aromatic N) is 2. The maximum Gasteiger partial charge on any atom is 0.258 e. The van der Waals surface area contributed by atoms with Gasteiger partial charge in [0.2, 0.25) is 15.9 Å². The zero-order valence-corrected chi connectivity index (χ0v) is 25.0. The summed E-state index contributed by atoms with van der Waals surface area (Å²) in [5.41, 5.74) is 0.632. The monoisotopic (exact) mass is 587 g/mol. The number of benzene rings is 2. The Labute approximate surface area is 242 Å². The summed E-state index contributed by atoms with van der Waals surface area (Å²) in [5, 5.41) is 12.9. The average Bonchev–Trinajstić information content (AvgIpc) is 2.99. The van der Waals surface area contributed by atoms with Crippen molar-refractivity contribution in [3.8, 4) is 11.5 Å². The summed E-state index contributed by atoms with van der Waals surface area (Å²) < 4.78 is 39.8. The smallest absolute Gasteiger partial charge is 0.258 e. The molecule has 10 nitrogen and oxygen atoms in total. The highest BCUT2D eigenvalue weighted by atomic mass is 32.2. The molecule has 4 rings (SSSR count). The molecular weight excluding hydrogens is 546 g/mol. The molecule has 1 aliphatic carbocycles. The Kier molecular flexibility index (Phi) is 9.93. The Bertz CT molecular complexity index is 1330. The van der Waals surface area contributed by atoms with Crippen molar-refractivity contribution in [2.45, 2.75) is 63.0 Å². The topological polar surface area (TPSA) is 125 Å². The average molecular weight is 588 g/mol. The molecule has 2 amide bonds. The predicted octanol–water partition coefficient (Wildman–Crippen LogP) is 3.75. The standard InChI is InChI=1S/C30H41N3O7S/c1-20-17-33(21(2)19-34)30(36)25-11-8-12-26(31-29(35)22-9-6-5-7-10-22)28(25)40-27(20)18-32(3)41(37,38)24-15-13-23(39-4)14-16-24/h8,11-16,20-22,27,34H,5-7,9-10,17-19H2,1-4H3,(H,31,35)/t20-,21+,27-/m0/s1. The van der Waals surface area contributed by atoms with Gasteiger partial charge in [-0.25, -0.2) is 8.42 Å². The molecule has 2 aromatic rings. The lowest BCUT2D eigenvalue weighted by molar-refractivity contribution is -0.120. The molecule has 2 aliphatic rings. The van der Waals surface area contributed by atoms with Crippen LogP contribution in [-0.4, -0.2) is 80.5 Å². The Morgan fingerprint density at radius 2 is 1.85 bits per heavy atom. The van der Waals surface area contributed by atoms with Crippen molar-refractivity contribution in [2.75, 3.05) is 39.2 Å². The summed E-state index contributed by atoms with van der Waals surface area (Å²) in [6.07, 6.45) is 4.09. The van der Waals surface area contributed by atoms with E-state index >= 15 is 0 Å². The fourth-order valence-corrected chi connectivity index (χ4v) is 6.62. The molecule has 0 unspecified atom stereocenters. The summed E-state index contributed by atoms with van der Waals surface area (Å²) in [4.78, 5) is 28.6. The van der Waals surface area contributed by atoms with Crippen LogP contribution in [0.15, 0.2) is 47.4 Å². The van der Waals surface area contributed by atoms with Crippen LogP contribution in [0.1, 0.15) is 56.3 Å². The van der Waals surface area contributed by atoms with E-state index in [2.05, 4.69) is 5.32 Å². The first-order chi connectivity index (χ1) is 19.6. The summed E-state index contributed by atoms with van der Waals surface area (Å²) in [6.45, 7) is 3.66. The highest BCUT2D eigenvalue weighted by molar-refractivity contribution is 7.89. The van der Waals surface area contributed by atoms with Crippen LogP contribution < -0.4 is 14.8 Å². The number of fused-ring (bicyclic) bond motifs is 1. The van der Waals surface area contributed by atoms with E-state index in [0.717, 1.165) is 32.1 Å². The van der Waals surface area contributed by atoms with Gasteiger partial charge in [-0.2, -0.15) is 4.31 Å². The van der Waals surface area contributed by atoms with Crippen LogP contribution >= 0.6 is 0 Å². The second kappa shape index (κ2) is 13.2. The van der Waals surface area contributed by atoms with E-state index in [1.54, 1.807) is 42.2 Å². The molecule has 2 aromatic carbocycles. The number of sulfonamides is 1. The highest BCUT2D eigenvalue weighted by Crippen LogP contribution is 2.36. The van der Waals surface area contributed by atoms with Crippen molar-refractivity contribution >= 4 is 27.5 Å². The first-order valence-corrected chi connectivity index (χ1v) is 15.6. The van der Waals surface area contributed by atoms with Crippen LogP contribution in [0.3, 0.4) is 0 Å². The van der Waals surface area contributed by atoms with E-state index < -0.39 is 22.2 Å². The third-order valence-electron chi connectivity index (χ3n) is 8.13. The van der Waals surface area contributed by atoms with Gasteiger partial charge in [-0.1, -0.05) is 32.3 Å². The van der Waals surface area contributed by atoms with E-state index in [1.165, 1.54) is 30.6 Å². The summed E-state index contributed by atoms with van der Waals surface area (Å²) >= 11 is 0. The van der Waals surface area contributed by atoms with E-state index in [-0.39, 0.29) is 59.6 Å². The third-order valence-corrected chi connectivity index (χ3v) is 9.97. The molecule has 0 bridgehead atoms. The molecule has 41 heavy (non-hydrogen) atoms. The van der Waals surface area contributed by atoms with Gasteiger partial charge < -0.3 is 24.8 Å². The highest BCUT2D eigenvalue weighted by Gasteiger charge is 2.36. The number of aliphatic hydroxyl groups is 1. The summed E-state index contributed by atoms with van der Waals surface area (Å²) in [6, 6.07) is 10.7. The quantitative estimate of drug-likeness (QED) is 0.458. The molecule has 1 saturated carbocycles. The Morgan fingerprint density at radius 3 is 2.49 bits per heavy atom. The zero-order chi connectivity index (χ0) is 29.7. The van der Waals surface area contributed by atoms with Gasteiger partial charge >= 0.3 is 0 Å². The number of ether oxygens (including phenoxy) is 2. The number of carbonyl (C=O) groups excluding carboxylic acids is 2. The minimum Gasteiger partial charge on any atom is -0.497 e. The summed E-state index contributed by atoms with van der Waals surface area (Å²) in [7, 11) is -0.863. The molecule has 2 N–H and O–H groups in total. The van der Waals surface area contributed by atoms with Crippen LogP contribution in [-0.2, 0) is 14.8 Å². The van der Waals surface area contributed by atoms with Crippen molar-refractivity contribution in [3.05, 3.63) is 48.0 Å². The lowest BCUT2D eigenvalue weighted by atomic mass is 9.88. The first-order valence-electron chi connectivity index (χ1n) is 14.2.